The standard InChI is InChI=1S/C19H21BrN2O2.ClH/c20-16-6-4-15(5-7-16)19(8-10-24-11-9-19)13-22-18(23)14-2-1-3-17(21)12-14;/h1-7,12H,8-11,13,21H2,(H,22,23);1H. The van der Waals surface area contributed by atoms with Gasteiger partial charge in [0.1, 0.15) is 0 Å². The van der Waals surface area contributed by atoms with Gasteiger partial charge < -0.3 is 15.8 Å². The van der Waals surface area contributed by atoms with E-state index < -0.39 is 0 Å². The summed E-state index contributed by atoms with van der Waals surface area (Å²) in [7, 11) is 0. The molecule has 134 valence electrons. The van der Waals surface area contributed by atoms with Crippen molar-refractivity contribution in [1.82, 2.24) is 5.32 Å². The van der Waals surface area contributed by atoms with E-state index in [9.17, 15) is 4.79 Å². The number of ether oxygens (including phenoxy) is 1. The summed E-state index contributed by atoms with van der Waals surface area (Å²) in [6.07, 6.45) is 1.79. The number of carbonyl (C=O) groups is 1. The van der Waals surface area contributed by atoms with Gasteiger partial charge in [0.05, 0.1) is 0 Å². The Morgan fingerprint density at radius 2 is 1.84 bits per heavy atom. The maximum absolute atomic E-state index is 12.5. The lowest BCUT2D eigenvalue weighted by Crippen LogP contribution is -2.44. The first-order valence-corrected chi connectivity index (χ1v) is 8.86. The average molecular weight is 426 g/mol. The van der Waals surface area contributed by atoms with Crippen LogP contribution < -0.4 is 11.1 Å². The monoisotopic (exact) mass is 424 g/mol. The molecule has 25 heavy (non-hydrogen) atoms. The van der Waals surface area contributed by atoms with Crippen molar-refractivity contribution in [3.05, 3.63) is 64.1 Å². The van der Waals surface area contributed by atoms with Crippen molar-refractivity contribution < 1.29 is 9.53 Å². The molecular formula is C19H22BrClN2O2. The molecule has 1 amide bonds. The highest BCUT2D eigenvalue weighted by Gasteiger charge is 2.34. The second-order valence-electron chi connectivity index (χ2n) is 6.21. The molecule has 2 aromatic carbocycles. The number of nitrogens with one attached hydrogen (secondary N) is 1. The molecule has 2 aromatic rings. The van der Waals surface area contributed by atoms with Crippen LogP contribution in [0.25, 0.3) is 0 Å². The van der Waals surface area contributed by atoms with Crippen molar-refractivity contribution in [2.45, 2.75) is 18.3 Å². The molecule has 1 aliphatic rings. The zero-order valence-corrected chi connectivity index (χ0v) is 16.2. The van der Waals surface area contributed by atoms with Gasteiger partial charge >= 0.3 is 0 Å². The molecule has 0 spiro atoms. The molecule has 1 aliphatic heterocycles. The number of anilines is 1. The molecule has 1 fully saturated rings. The summed E-state index contributed by atoms with van der Waals surface area (Å²) in [5.41, 5.74) is 8.10. The number of hydrogen-bond acceptors (Lipinski definition) is 3. The summed E-state index contributed by atoms with van der Waals surface area (Å²) in [5, 5.41) is 3.09. The topological polar surface area (TPSA) is 64.4 Å². The van der Waals surface area contributed by atoms with E-state index >= 15 is 0 Å². The first-order chi connectivity index (χ1) is 11.6. The molecule has 4 nitrogen and oxygen atoms in total. The molecule has 3 rings (SSSR count). The fourth-order valence-electron chi connectivity index (χ4n) is 3.16. The van der Waals surface area contributed by atoms with Crippen LogP contribution in [-0.4, -0.2) is 25.7 Å². The first-order valence-electron chi connectivity index (χ1n) is 8.07. The number of nitrogen functional groups attached to an aromatic ring is 1. The van der Waals surface area contributed by atoms with Crippen molar-refractivity contribution in [3.63, 3.8) is 0 Å². The largest absolute Gasteiger partial charge is 0.399 e. The van der Waals surface area contributed by atoms with Gasteiger partial charge in [0.25, 0.3) is 5.91 Å². The molecule has 0 aromatic heterocycles. The Hall–Kier alpha value is -1.56. The normalized spacial score (nSPS) is 15.9. The highest BCUT2D eigenvalue weighted by molar-refractivity contribution is 9.10. The fourth-order valence-corrected chi connectivity index (χ4v) is 3.43. The second-order valence-corrected chi connectivity index (χ2v) is 7.12. The van der Waals surface area contributed by atoms with Crippen LogP contribution in [0, 0.1) is 0 Å². The van der Waals surface area contributed by atoms with Gasteiger partial charge in [-0.25, -0.2) is 0 Å². The quantitative estimate of drug-likeness (QED) is 0.730. The summed E-state index contributed by atoms with van der Waals surface area (Å²) < 4.78 is 6.59. The van der Waals surface area contributed by atoms with E-state index in [0.717, 1.165) is 17.3 Å². The number of halogens is 2. The van der Waals surface area contributed by atoms with E-state index in [1.54, 1.807) is 24.3 Å². The van der Waals surface area contributed by atoms with Crippen LogP contribution in [0.4, 0.5) is 5.69 Å². The van der Waals surface area contributed by atoms with Gasteiger partial charge in [0, 0.05) is 40.9 Å². The van der Waals surface area contributed by atoms with Gasteiger partial charge in [-0.05, 0) is 48.7 Å². The predicted octanol–water partition coefficient (Wildman–Crippen LogP) is 3.93. The summed E-state index contributed by atoms with van der Waals surface area (Å²) in [6.45, 7) is 2.01. The fraction of sp³-hybridized carbons (Fsp3) is 0.316. The molecule has 1 heterocycles. The van der Waals surface area contributed by atoms with Crippen molar-refractivity contribution in [1.29, 1.82) is 0 Å². The summed E-state index contributed by atoms with van der Waals surface area (Å²) in [4.78, 5) is 12.5. The highest BCUT2D eigenvalue weighted by Crippen LogP contribution is 2.35. The second kappa shape index (κ2) is 8.70. The Bertz CT molecular complexity index is 716. The number of amides is 1. The van der Waals surface area contributed by atoms with Crippen LogP contribution >= 0.6 is 28.3 Å². The average Bonchev–Trinajstić information content (AvgIpc) is 2.61. The van der Waals surface area contributed by atoms with E-state index in [4.69, 9.17) is 10.5 Å². The van der Waals surface area contributed by atoms with Crippen LogP contribution in [0.1, 0.15) is 28.8 Å². The van der Waals surface area contributed by atoms with Crippen LogP contribution in [0.3, 0.4) is 0 Å². The van der Waals surface area contributed by atoms with Crippen molar-refractivity contribution in [2.24, 2.45) is 0 Å². The molecular weight excluding hydrogens is 404 g/mol. The number of carbonyl (C=O) groups excluding carboxylic acids is 1. The molecule has 0 aliphatic carbocycles. The number of nitrogens with two attached hydrogens (primary N) is 1. The van der Waals surface area contributed by atoms with E-state index in [0.29, 0.717) is 31.0 Å². The van der Waals surface area contributed by atoms with Crippen LogP contribution in [0.5, 0.6) is 0 Å². The van der Waals surface area contributed by atoms with Gasteiger partial charge in [-0.1, -0.05) is 34.1 Å². The predicted molar refractivity (Wildman–Crippen MR) is 106 cm³/mol. The van der Waals surface area contributed by atoms with Gasteiger partial charge in [0.2, 0.25) is 0 Å². The molecule has 0 radical (unpaired) electrons. The van der Waals surface area contributed by atoms with Crippen LogP contribution in [-0.2, 0) is 10.2 Å². The van der Waals surface area contributed by atoms with E-state index in [-0.39, 0.29) is 23.7 Å². The van der Waals surface area contributed by atoms with E-state index in [2.05, 4.69) is 33.4 Å². The molecule has 0 saturated carbocycles. The number of rotatable bonds is 4. The smallest absolute Gasteiger partial charge is 0.251 e. The zero-order chi connectivity index (χ0) is 17.0. The minimum absolute atomic E-state index is 0. The Kier molecular flexibility index (Phi) is 6.87. The SMILES string of the molecule is Cl.Nc1cccc(C(=O)NCC2(c3ccc(Br)cc3)CCOCC2)c1. The molecule has 6 heteroatoms. The molecule has 3 N–H and O–H groups in total. The molecule has 0 bridgehead atoms. The van der Waals surface area contributed by atoms with Crippen molar-refractivity contribution in [2.75, 3.05) is 25.5 Å². The van der Waals surface area contributed by atoms with Gasteiger partial charge in [-0.15, -0.1) is 12.4 Å². The van der Waals surface area contributed by atoms with Crippen molar-refractivity contribution >= 4 is 39.9 Å². The van der Waals surface area contributed by atoms with Gasteiger partial charge in [-0.3, -0.25) is 4.79 Å². The van der Waals surface area contributed by atoms with Crippen LogP contribution in [0.15, 0.2) is 53.0 Å². The van der Waals surface area contributed by atoms with Crippen molar-refractivity contribution in [3.8, 4) is 0 Å². The lowest BCUT2D eigenvalue weighted by atomic mass is 9.74. The Balaban J connectivity index is 0.00000225. The zero-order valence-electron chi connectivity index (χ0n) is 13.8. The third kappa shape index (κ3) is 4.75. The van der Waals surface area contributed by atoms with Gasteiger partial charge in [-0.2, -0.15) is 0 Å². The van der Waals surface area contributed by atoms with E-state index in [1.807, 2.05) is 12.1 Å². The lowest BCUT2D eigenvalue weighted by Gasteiger charge is -2.38. The van der Waals surface area contributed by atoms with E-state index in [1.165, 1.54) is 5.56 Å². The molecule has 0 atom stereocenters. The lowest BCUT2D eigenvalue weighted by molar-refractivity contribution is 0.0487. The maximum atomic E-state index is 12.5. The number of hydrogen-bond donors (Lipinski definition) is 2. The molecule has 0 unspecified atom stereocenters. The molecule has 1 saturated heterocycles. The minimum atomic E-state index is -0.0923. The van der Waals surface area contributed by atoms with Gasteiger partial charge in [0.15, 0.2) is 0 Å². The Morgan fingerprint density at radius 1 is 1.16 bits per heavy atom. The third-order valence-electron chi connectivity index (χ3n) is 4.64. The highest BCUT2D eigenvalue weighted by atomic mass is 79.9. The third-order valence-corrected chi connectivity index (χ3v) is 5.17. The first kappa shape index (κ1) is 19.8. The Labute approximate surface area is 162 Å². The maximum Gasteiger partial charge on any atom is 0.251 e. The summed E-state index contributed by atoms with van der Waals surface area (Å²) in [6, 6.07) is 15.4. The van der Waals surface area contributed by atoms with Crippen LogP contribution in [0.2, 0.25) is 0 Å². The number of benzene rings is 2. The summed E-state index contributed by atoms with van der Waals surface area (Å²) >= 11 is 3.48. The summed E-state index contributed by atoms with van der Waals surface area (Å²) in [5.74, 6) is -0.0923. The Morgan fingerprint density at radius 3 is 2.48 bits per heavy atom. The minimum Gasteiger partial charge on any atom is -0.399 e.